The summed E-state index contributed by atoms with van der Waals surface area (Å²) in [4.78, 5) is 12.0. The molecular formula is C14H29ClN2O2. The first-order valence-electron chi connectivity index (χ1n) is 7.21. The lowest BCUT2D eigenvalue weighted by atomic mass is 9.92. The highest BCUT2D eigenvalue weighted by Crippen LogP contribution is 2.22. The minimum atomic E-state index is -0.221. The number of halogens is 1. The van der Waals surface area contributed by atoms with Crippen LogP contribution in [-0.2, 0) is 9.53 Å². The predicted octanol–water partition coefficient (Wildman–Crippen LogP) is 2.39. The molecule has 0 aromatic rings. The number of carbonyl (C=O) groups excluding carboxylic acids is 1. The summed E-state index contributed by atoms with van der Waals surface area (Å²) in [5.41, 5.74) is 5.55. The zero-order chi connectivity index (χ0) is 13.6. The van der Waals surface area contributed by atoms with E-state index in [-0.39, 0.29) is 30.0 Å². The van der Waals surface area contributed by atoms with Crippen LogP contribution in [0.25, 0.3) is 0 Å². The van der Waals surface area contributed by atoms with Crippen molar-refractivity contribution in [2.24, 2.45) is 5.73 Å². The molecule has 1 heterocycles. The zero-order valence-corrected chi connectivity index (χ0v) is 13.2. The van der Waals surface area contributed by atoms with Crippen LogP contribution in [0.15, 0.2) is 0 Å². The molecule has 3 N–H and O–H groups in total. The van der Waals surface area contributed by atoms with Gasteiger partial charge in [-0.1, -0.05) is 13.8 Å². The highest BCUT2D eigenvalue weighted by Gasteiger charge is 2.27. The molecule has 1 aliphatic rings. The summed E-state index contributed by atoms with van der Waals surface area (Å²) >= 11 is 0. The first-order valence-corrected chi connectivity index (χ1v) is 7.21. The van der Waals surface area contributed by atoms with E-state index in [4.69, 9.17) is 10.5 Å². The maximum absolute atomic E-state index is 12.0. The SMILES string of the molecule is CCC(CC)(CN)NC(=O)CCC1CCC(C)O1.Cl. The van der Waals surface area contributed by atoms with Crippen molar-refractivity contribution in [2.45, 2.75) is 77.0 Å². The van der Waals surface area contributed by atoms with Crippen molar-refractivity contribution in [3.05, 3.63) is 0 Å². The van der Waals surface area contributed by atoms with Gasteiger partial charge in [-0.25, -0.2) is 0 Å². The Bertz CT molecular complexity index is 262. The van der Waals surface area contributed by atoms with Crippen molar-refractivity contribution in [2.75, 3.05) is 6.54 Å². The fraction of sp³-hybridized carbons (Fsp3) is 0.929. The summed E-state index contributed by atoms with van der Waals surface area (Å²) in [5, 5.41) is 3.10. The number of nitrogens with one attached hydrogen (secondary N) is 1. The minimum Gasteiger partial charge on any atom is -0.375 e. The molecule has 1 rings (SSSR count). The van der Waals surface area contributed by atoms with E-state index < -0.39 is 0 Å². The van der Waals surface area contributed by atoms with Crippen molar-refractivity contribution in [3.8, 4) is 0 Å². The molecule has 0 radical (unpaired) electrons. The van der Waals surface area contributed by atoms with Crippen molar-refractivity contribution in [1.82, 2.24) is 5.32 Å². The van der Waals surface area contributed by atoms with Crippen LogP contribution in [0.2, 0.25) is 0 Å². The Hall–Kier alpha value is -0.320. The second-order valence-corrected chi connectivity index (χ2v) is 5.42. The lowest BCUT2D eigenvalue weighted by Gasteiger charge is -2.31. The maximum Gasteiger partial charge on any atom is 0.220 e. The van der Waals surface area contributed by atoms with Gasteiger partial charge in [-0.15, -0.1) is 12.4 Å². The number of amides is 1. The Balaban J connectivity index is 0.00000324. The van der Waals surface area contributed by atoms with Gasteiger partial charge in [0.15, 0.2) is 0 Å². The van der Waals surface area contributed by atoms with Gasteiger partial charge in [-0.2, -0.15) is 0 Å². The van der Waals surface area contributed by atoms with Crippen LogP contribution in [0.3, 0.4) is 0 Å². The molecule has 5 heteroatoms. The average Bonchev–Trinajstić information content (AvgIpc) is 2.80. The van der Waals surface area contributed by atoms with Gasteiger partial charge in [0.25, 0.3) is 0 Å². The van der Waals surface area contributed by atoms with Crippen LogP contribution >= 0.6 is 12.4 Å². The van der Waals surface area contributed by atoms with Gasteiger partial charge in [-0.05, 0) is 39.0 Å². The van der Waals surface area contributed by atoms with Crippen LogP contribution in [0.4, 0.5) is 0 Å². The average molecular weight is 293 g/mol. The molecule has 0 spiro atoms. The van der Waals surface area contributed by atoms with Gasteiger partial charge < -0.3 is 15.8 Å². The van der Waals surface area contributed by atoms with Crippen LogP contribution in [-0.4, -0.2) is 30.2 Å². The number of carbonyl (C=O) groups is 1. The molecule has 1 amide bonds. The second-order valence-electron chi connectivity index (χ2n) is 5.42. The van der Waals surface area contributed by atoms with E-state index in [1.165, 1.54) is 0 Å². The number of rotatable bonds is 7. The van der Waals surface area contributed by atoms with Gasteiger partial charge in [0.05, 0.1) is 17.7 Å². The number of ether oxygens (including phenoxy) is 1. The molecule has 0 aromatic heterocycles. The molecule has 0 aliphatic carbocycles. The first-order chi connectivity index (χ1) is 8.55. The largest absolute Gasteiger partial charge is 0.375 e. The van der Waals surface area contributed by atoms with E-state index in [1.807, 2.05) is 0 Å². The summed E-state index contributed by atoms with van der Waals surface area (Å²) in [5.74, 6) is 0.104. The summed E-state index contributed by atoms with van der Waals surface area (Å²) < 4.78 is 5.72. The Morgan fingerprint density at radius 1 is 1.37 bits per heavy atom. The minimum absolute atomic E-state index is 0. The molecule has 0 aromatic carbocycles. The van der Waals surface area contributed by atoms with Crippen LogP contribution in [0, 0.1) is 0 Å². The van der Waals surface area contributed by atoms with Gasteiger partial charge >= 0.3 is 0 Å². The van der Waals surface area contributed by atoms with Crippen LogP contribution in [0.5, 0.6) is 0 Å². The molecule has 0 saturated carbocycles. The van der Waals surface area contributed by atoms with Crippen molar-refractivity contribution in [3.63, 3.8) is 0 Å². The Morgan fingerprint density at radius 3 is 2.42 bits per heavy atom. The topological polar surface area (TPSA) is 64.3 Å². The van der Waals surface area contributed by atoms with Gasteiger partial charge in [0, 0.05) is 13.0 Å². The molecule has 1 saturated heterocycles. The predicted molar refractivity (Wildman–Crippen MR) is 80.6 cm³/mol. The third-order valence-corrected chi connectivity index (χ3v) is 4.16. The summed E-state index contributed by atoms with van der Waals surface area (Å²) in [7, 11) is 0. The van der Waals surface area contributed by atoms with Gasteiger partial charge in [-0.3, -0.25) is 4.79 Å². The maximum atomic E-state index is 12.0. The highest BCUT2D eigenvalue weighted by molar-refractivity contribution is 5.85. The van der Waals surface area contributed by atoms with Gasteiger partial charge in [0.2, 0.25) is 5.91 Å². The second kappa shape index (κ2) is 8.77. The molecule has 2 atom stereocenters. The quantitative estimate of drug-likeness (QED) is 0.757. The third-order valence-electron chi connectivity index (χ3n) is 4.16. The summed E-state index contributed by atoms with van der Waals surface area (Å²) in [6.07, 6.45) is 5.93. The van der Waals surface area contributed by atoms with Crippen molar-refractivity contribution in [1.29, 1.82) is 0 Å². The number of hydrogen-bond donors (Lipinski definition) is 2. The molecular weight excluding hydrogens is 264 g/mol. The van der Waals surface area contributed by atoms with E-state index in [9.17, 15) is 4.79 Å². The normalized spacial score (nSPS) is 22.9. The standard InChI is InChI=1S/C14H28N2O2.ClH/c1-4-14(5-2,10-15)16-13(17)9-8-12-7-6-11(3)18-12;/h11-12H,4-10,15H2,1-3H3,(H,16,17);1H. The fourth-order valence-electron chi connectivity index (χ4n) is 2.51. The smallest absolute Gasteiger partial charge is 0.220 e. The molecule has 4 nitrogen and oxygen atoms in total. The lowest BCUT2D eigenvalue weighted by Crippen LogP contribution is -2.52. The third kappa shape index (κ3) is 5.67. The molecule has 1 aliphatic heterocycles. The van der Waals surface area contributed by atoms with E-state index >= 15 is 0 Å². The molecule has 1 fully saturated rings. The molecule has 19 heavy (non-hydrogen) atoms. The van der Waals surface area contributed by atoms with Crippen LogP contribution in [0.1, 0.15) is 59.3 Å². The van der Waals surface area contributed by atoms with Gasteiger partial charge in [0.1, 0.15) is 0 Å². The fourth-order valence-corrected chi connectivity index (χ4v) is 2.51. The van der Waals surface area contributed by atoms with Crippen molar-refractivity contribution >= 4 is 18.3 Å². The Morgan fingerprint density at radius 2 is 2.00 bits per heavy atom. The Kier molecular flexibility index (Phi) is 8.62. The zero-order valence-electron chi connectivity index (χ0n) is 12.4. The molecule has 2 unspecified atom stereocenters. The Labute approximate surface area is 123 Å². The molecule has 0 bridgehead atoms. The number of hydrogen-bond acceptors (Lipinski definition) is 3. The monoisotopic (exact) mass is 292 g/mol. The van der Waals surface area contributed by atoms with E-state index in [1.54, 1.807) is 0 Å². The van der Waals surface area contributed by atoms with E-state index in [2.05, 4.69) is 26.1 Å². The van der Waals surface area contributed by atoms with E-state index in [0.29, 0.717) is 19.1 Å². The summed E-state index contributed by atoms with van der Waals surface area (Å²) in [6, 6.07) is 0. The highest BCUT2D eigenvalue weighted by atomic mass is 35.5. The lowest BCUT2D eigenvalue weighted by molar-refractivity contribution is -0.123. The van der Waals surface area contributed by atoms with Crippen LogP contribution < -0.4 is 11.1 Å². The summed E-state index contributed by atoms with van der Waals surface area (Å²) in [6.45, 7) is 6.73. The van der Waals surface area contributed by atoms with Crippen molar-refractivity contribution < 1.29 is 9.53 Å². The first kappa shape index (κ1) is 18.7. The van der Waals surface area contributed by atoms with E-state index in [0.717, 1.165) is 32.1 Å². The molecule has 114 valence electrons. The number of nitrogens with two attached hydrogens (primary N) is 1.